The molecule has 0 aromatic heterocycles. The summed E-state index contributed by atoms with van der Waals surface area (Å²) in [6.07, 6.45) is -5.24. The first-order chi connectivity index (χ1) is 13.6. The summed E-state index contributed by atoms with van der Waals surface area (Å²) < 4.78 is 26.6. The number of nitrogens with zero attached hydrogens (tertiary/aromatic N) is 1. The molecule has 0 N–H and O–H groups in total. The van der Waals surface area contributed by atoms with E-state index in [4.69, 9.17) is 18.9 Å². The van der Waals surface area contributed by atoms with E-state index < -0.39 is 53.1 Å². The fourth-order valence-corrected chi connectivity index (χ4v) is 3.05. The van der Waals surface area contributed by atoms with Crippen molar-refractivity contribution in [1.29, 1.82) is 0 Å². The second kappa shape index (κ2) is 9.65. The molecule has 1 aliphatic rings. The molecule has 0 bridgehead atoms. The molecule has 3 unspecified atom stereocenters. The topological polar surface area (TPSA) is 140 Å². The molecule has 4 atom stereocenters. The Morgan fingerprint density at radius 3 is 2.41 bits per heavy atom. The molecule has 1 aromatic rings. The third-order valence-corrected chi connectivity index (χ3v) is 4.32. The number of rotatable bonds is 6. The SMILES string of the molecule is COC(=O)C1CC(OC(C)=O)[C@@H](OC(C)=O)C(Oc2ccc(Br)cc2[N+](=O)[O-])O1. The zero-order valence-corrected chi connectivity index (χ0v) is 17.2. The molecule has 0 radical (unpaired) electrons. The lowest BCUT2D eigenvalue weighted by Crippen LogP contribution is -2.55. The molecule has 0 amide bonds. The molecule has 2 rings (SSSR count). The second-order valence-corrected chi connectivity index (χ2v) is 6.88. The van der Waals surface area contributed by atoms with Crippen LogP contribution in [0.4, 0.5) is 5.69 Å². The van der Waals surface area contributed by atoms with Gasteiger partial charge >= 0.3 is 23.6 Å². The summed E-state index contributed by atoms with van der Waals surface area (Å²) in [6.45, 7) is 2.26. The molecular weight excluding hydrogens is 458 g/mol. The highest BCUT2D eigenvalue weighted by Gasteiger charge is 2.47. The van der Waals surface area contributed by atoms with Gasteiger partial charge in [0.05, 0.1) is 12.0 Å². The number of esters is 3. The third kappa shape index (κ3) is 5.87. The van der Waals surface area contributed by atoms with Gasteiger partial charge in [0.25, 0.3) is 0 Å². The lowest BCUT2D eigenvalue weighted by Gasteiger charge is -2.38. The number of nitro benzene ring substituents is 1. The molecule has 12 heteroatoms. The van der Waals surface area contributed by atoms with Crippen LogP contribution in [0.15, 0.2) is 22.7 Å². The van der Waals surface area contributed by atoms with Gasteiger partial charge in [0, 0.05) is 30.8 Å². The number of carbonyl (C=O) groups excluding carboxylic acids is 3. The molecule has 1 aliphatic heterocycles. The molecule has 0 aliphatic carbocycles. The summed E-state index contributed by atoms with van der Waals surface area (Å²) in [6, 6.07) is 4.01. The van der Waals surface area contributed by atoms with E-state index >= 15 is 0 Å². The summed E-state index contributed by atoms with van der Waals surface area (Å²) in [7, 11) is 1.14. The lowest BCUT2D eigenvalue weighted by molar-refractivity contribution is -0.386. The van der Waals surface area contributed by atoms with Crippen LogP contribution in [0.5, 0.6) is 5.75 Å². The van der Waals surface area contributed by atoms with Crippen LogP contribution in [0, 0.1) is 10.1 Å². The van der Waals surface area contributed by atoms with Crippen molar-refractivity contribution >= 4 is 39.5 Å². The average Bonchev–Trinajstić information content (AvgIpc) is 2.63. The minimum Gasteiger partial charge on any atom is -0.467 e. The number of methoxy groups -OCH3 is 1. The number of nitro groups is 1. The van der Waals surface area contributed by atoms with E-state index in [2.05, 4.69) is 20.7 Å². The fraction of sp³-hybridized carbons (Fsp3) is 0.471. The molecular formula is C17H18BrNO10. The van der Waals surface area contributed by atoms with Gasteiger partial charge in [-0.15, -0.1) is 0 Å². The van der Waals surface area contributed by atoms with Crippen LogP contribution >= 0.6 is 15.9 Å². The average molecular weight is 476 g/mol. The van der Waals surface area contributed by atoms with Crippen LogP contribution in [0.2, 0.25) is 0 Å². The van der Waals surface area contributed by atoms with Crippen LogP contribution in [-0.2, 0) is 33.3 Å². The fourth-order valence-electron chi connectivity index (χ4n) is 2.70. The van der Waals surface area contributed by atoms with Crippen molar-refractivity contribution in [3.63, 3.8) is 0 Å². The van der Waals surface area contributed by atoms with Gasteiger partial charge in [-0.2, -0.15) is 0 Å². The Bertz CT molecular complexity index is 813. The summed E-state index contributed by atoms with van der Waals surface area (Å²) in [4.78, 5) is 45.7. The predicted molar refractivity (Wildman–Crippen MR) is 97.8 cm³/mol. The molecule has 11 nitrogen and oxygen atoms in total. The quantitative estimate of drug-likeness (QED) is 0.259. The van der Waals surface area contributed by atoms with Crippen molar-refractivity contribution in [3.05, 3.63) is 32.8 Å². The van der Waals surface area contributed by atoms with Gasteiger partial charge < -0.3 is 23.7 Å². The smallest absolute Gasteiger partial charge is 0.335 e. The Balaban J connectivity index is 2.42. The minimum absolute atomic E-state index is 0.160. The highest BCUT2D eigenvalue weighted by molar-refractivity contribution is 9.10. The number of carbonyl (C=O) groups is 3. The maximum absolute atomic E-state index is 12.0. The van der Waals surface area contributed by atoms with Crippen molar-refractivity contribution in [3.8, 4) is 5.75 Å². The first-order valence-corrected chi connectivity index (χ1v) is 9.10. The molecule has 1 saturated heterocycles. The molecule has 0 saturated carbocycles. The Kier molecular flexibility index (Phi) is 7.51. The van der Waals surface area contributed by atoms with E-state index in [9.17, 15) is 24.5 Å². The van der Waals surface area contributed by atoms with E-state index in [1.165, 1.54) is 18.2 Å². The van der Waals surface area contributed by atoms with Crippen molar-refractivity contribution in [2.75, 3.05) is 7.11 Å². The van der Waals surface area contributed by atoms with Gasteiger partial charge in [-0.25, -0.2) is 4.79 Å². The largest absolute Gasteiger partial charge is 0.467 e. The standard InChI is InChI=1S/C17H18BrNO10/c1-8(20)26-13-7-14(16(22)25-3)29-17(15(13)27-9(2)21)28-12-5-4-10(18)6-11(12)19(23)24/h4-6,13-15,17H,7H2,1-3H3/t13?,14?,15-,17?/m1/s1. The van der Waals surface area contributed by atoms with Crippen molar-refractivity contribution in [2.45, 2.75) is 44.9 Å². The first kappa shape index (κ1) is 22.6. The van der Waals surface area contributed by atoms with Gasteiger partial charge in [-0.1, -0.05) is 15.9 Å². The van der Waals surface area contributed by atoms with Gasteiger partial charge in [-0.05, 0) is 12.1 Å². The number of hydrogen-bond acceptors (Lipinski definition) is 10. The maximum atomic E-state index is 12.0. The van der Waals surface area contributed by atoms with Crippen LogP contribution in [0.1, 0.15) is 20.3 Å². The predicted octanol–water partition coefficient (Wildman–Crippen LogP) is 1.89. The Labute approximate surface area is 173 Å². The summed E-state index contributed by atoms with van der Waals surface area (Å²) >= 11 is 3.13. The number of hydrogen-bond donors (Lipinski definition) is 0. The number of benzene rings is 1. The van der Waals surface area contributed by atoms with Crippen molar-refractivity contribution in [2.24, 2.45) is 0 Å². The summed E-state index contributed by atoms with van der Waals surface area (Å²) in [5.74, 6) is -2.40. The Morgan fingerprint density at radius 2 is 1.86 bits per heavy atom. The highest BCUT2D eigenvalue weighted by atomic mass is 79.9. The van der Waals surface area contributed by atoms with Gasteiger partial charge in [-0.3, -0.25) is 19.7 Å². The van der Waals surface area contributed by atoms with E-state index in [1.807, 2.05) is 0 Å². The zero-order chi connectivity index (χ0) is 21.7. The van der Waals surface area contributed by atoms with Crippen LogP contribution in [-0.4, -0.2) is 54.5 Å². The third-order valence-electron chi connectivity index (χ3n) is 3.82. The highest BCUT2D eigenvalue weighted by Crippen LogP contribution is 2.34. The van der Waals surface area contributed by atoms with E-state index in [1.54, 1.807) is 0 Å². The zero-order valence-electron chi connectivity index (χ0n) is 15.7. The van der Waals surface area contributed by atoms with Gasteiger partial charge in [0.1, 0.15) is 6.10 Å². The minimum atomic E-state index is -1.49. The van der Waals surface area contributed by atoms with Gasteiger partial charge in [0.15, 0.2) is 6.10 Å². The summed E-state index contributed by atoms with van der Waals surface area (Å²) in [5.41, 5.74) is -0.395. The van der Waals surface area contributed by atoms with Crippen LogP contribution < -0.4 is 4.74 Å². The van der Waals surface area contributed by atoms with E-state index in [-0.39, 0.29) is 12.2 Å². The molecule has 0 spiro atoms. The van der Waals surface area contributed by atoms with Crippen LogP contribution in [0.3, 0.4) is 0 Å². The van der Waals surface area contributed by atoms with Crippen molar-refractivity contribution in [1.82, 2.24) is 0 Å². The van der Waals surface area contributed by atoms with Crippen LogP contribution in [0.25, 0.3) is 0 Å². The van der Waals surface area contributed by atoms with E-state index in [0.717, 1.165) is 21.0 Å². The monoisotopic (exact) mass is 475 g/mol. The summed E-state index contributed by atoms with van der Waals surface area (Å²) in [5, 5.41) is 11.3. The molecule has 29 heavy (non-hydrogen) atoms. The first-order valence-electron chi connectivity index (χ1n) is 8.30. The normalized spacial score (nSPS) is 23.6. The lowest BCUT2D eigenvalue weighted by atomic mass is 10.0. The maximum Gasteiger partial charge on any atom is 0.335 e. The molecule has 1 fully saturated rings. The van der Waals surface area contributed by atoms with Gasteiger partial charge in [0.2, 0.25) is 18.1 Å². The molecule has 1 aromatic carbocycles. The Morgan fingerprint density at radius 1 is 1.21 bits per heavy atom. The number of halogens is 1. The number of ether oxygens (including phenoxy) is 5. The molecule has 158 valence electrons. The Hall–Kier alpha value is -2.73. The van der Waals surface area contributed by atoms with Crippen molar-refractivity contribution < 1.29 is 43.0 Å². The molecule has 1 heterocycles. The van der Waals surface area contributed by atoms with E-state index in [0.29, 0.717) is 4.47 Å². The second-order valence-electron chi connectivity index (χ2n) is 5.96.